The lowest BCUT2D eigenvalue weighted by molar-refractivity contribution is -0.123. The van der Waals surface area contributed by atoms with E-state index in [0.29, 0.717) is 5.69 Å². The van der Waals surface area contributed by atoms with Gasteiger partial charge >= 0.3 is 0 Å². The molecule has 1 atom stereocenters. The predicted octanol–water partition coefficient (Wildman–Crippen LogP) is 3.58. The number of carbonyl (C=O) groups excluding carboxylic acids is 2. The van der Waals surface area contributed by atoms with Gasteiger partial charge in [-0.1, -0.05) is 24.1 Å². The van der Waals surface area contributed by atoms with Crippen LogP contribution >= 0.6 is 11.3 Å². The Kier molecular flexibility index (Phi) is 5.48. The van der Waals surface area contributed by atoms with Gasteiger partial charge in [-0.2, -0.15) is 0 Å². The van der Waals surface area contributed by atoms with Crippen LogP contribution < -0.4 is 10.2 Å². The van der Waals surface area contributed by atoms with Gasteiger partial charge in [-0.25, -0.2) is 0 Å². The van der Waals surface area contributed by atoms with Crippen molar-refractivity contribution in [3.05, 3.63) is 64.9 Å². The van der Waals surface area contributed by atoms with Crippen molar-refractivity contribution in [1.29, 1.82) is 0 Å². The lowest BCUT2D eigenvalue weighted by Gasteiger charge is -2.30. The zero-order chi connectivity index (χ0) is 19.3. The molecule has 3 heterocycles. The van der Waals surface area contributed by atoms with Gasteiger partial charge in [-0.3, -0.25) is 19.5 Å². The van der Waals surface area contributed by atoms with Crippen LogP contribution in [0.1, 0.15) is 47.2 Å². The number of thiophene rings is 1. The third-order valence-corrected chi connectivity index (χ3v) is 5.74. The molecule has 2 amide bonds. The fraction of sp³-hybridized carbons (Fsp3) is 0.300. The lowest BCUT2D eigenvalue weighted by atomic mass is 10.1. The van der Waals surface area contributed by atoms with Gasteiger partial charge < -0.3 is 9.84 Å². The number of amides is 2. The van der Waals surface area contributed by atoms with Crippen molar-refractivity contribution in [2.75, 3.05) is 4.90 Å². The number of rotatable bonds is 6. The van der Waals surface area contributed by atoms with E-state index in [1.165, 1.54) is 28.5 Å². The first-order valence-corrected chi connectivity index (χ1v) is 10.1. The van der Waals surface area contributed by atoms with E-state index < -0.39 is 11.9 Å². The number of hydrogen-bond donors (Lipinski definition) is 1. The van der Waals surface area contributed by atoms with Crippen molar-refractivity contribution in [3.8, 4) is 0 Å². The van der Waals surface area contributed by atoms with Gasteiger partial charge in [0.15, 0.2) is 6.04 Å². The summed E-state index contributed by atoms with van der Waals surface area (Å²) >= 11 is 1.43. The Hall–Kier alpha value is -3.00. The Morgan fingerprint density at radius 2 is 2.04 bits per heavy atom. The van der Waals surface area contributed by atoms with E-state index >= 15 is 0 Å². The van der Waals surface area contributed by atoms with Gasteiger partial charge in [-0.15, -0.1) is 11.3 Å². The fourth-order valence-corrected chi connectivity index (χ4v) is 4.31. The molecule has 8 heteroatoms. The van der Waals surface area contributed by atoms with E-state index in [2.05, 4.69) is 15.5 Å². The molecule has 144 valence electrons. The number of hydrogen-bond acceptors (Lipinski definition) is 6. The molecule has 1 aliphatic rings. The quantitative estimate of drug-likeness (QED) is 0.688. The van der Waals surface area contributed by atoms with E-state index in [0.717, 1.165) is 30.6 Å². The summed E-state index contributed by atoms with van der Waals surface area (Å²) in [4.78, 5) is 32.9. The Labute approximate surface area is 166 Å². The summed E-state index contributed by atoms with van der Waals surface area (Å²) in [5.74, 6) is -0.574. The zero-order valence-corrected chi connectivity index (χ0v) is 16.0. The number of nitrogens with zero attached hydrogens (tertiary/aromatic N) is 3. The van der Waals surface area contributed by atoms with Crippen molar-refractivity contribution in [2.45, 2.75) is 37.8 Å². The molecule has 3 aromatic rings. The minimum Gasteiger partial charge on any atom is -0.351 e. The van der Waals surface area contributed by atoms with E-state index in [1.807, 2.05) is 17.5 Å². The molecule has 7 nitrogen and oxygen atoms in total. The van der Waals surface area contributed by atoms with Crippen molar-refractivity contribution < 1.29 is 14.1 Å². The lowest BCUT2D eigenvalue weighted by Crippen LogP contribution is -2.46. The summed E-state index contributed by atoms with van der Waals surface area (Å²) in [6, 6.07) is 8.04. The first kappa shape index (κ1) is 18.4. The Morgan fingerprint density at radius 1 is 1.18 bits per heavy atom. The molecule has 0 saturated heterocycles. The summed E-state index contributed by atoms with van der Waals surface area (Å²) in [5, 5.41) is 8.65. The molecule has 0 aliphatic heterocycles. The van der Waals surface area contributed by atoms with Gasteiger partial charge in [-0.05, 0) is 36.4 Å². The highest BCUT2D eigenvalue weighted by Crippen LogP contribution is 2.32. The first-order valence-electron chi connectivity index (χ1n) is 9.22. The van der Waals surface area contributed by atoms with Crippen molar-refractivity contribution in [2.24, 2.45) is 0 Å². The average molecular weight is 396 g/mol. The molecular weight excluding hydrogens is 376 g/mol. The summed E-state index contributed by atoms with van der Waals surface area (Å²) < 4.78 is 5.09. The summed E-state index contributed by atoms with van der Waals surface area (Å²) in [6.45, 7) is 0. The molecule has 1 N–H and O–H groups in total. The molecule has 28 heavy (non-hydrogen) atoms. The van der Waals surface area contributed by atoms with Gasteiger partial charge in [0.2, 0.25) is 11.7 Å². The van der Waals surface area contributed by atoms with Crippen LogP contribution in [0.25, 0.3) is 0 Å². The maximum atomic E-state index is 13.3. The molecule has 1 fully saturated rings. The number of anilines is 1. The van der Waals surface area contributed by atoms with Crippen molar-refractivity contribution in [1.82, 2.24) is 15.5 Å². The molecule has 0 unspecified atom stereocenters. The molecule has 4 rings (SSSR count). The monoisotopic (exact) mass is 396 g/mol. The van der Waals surface area contributed by atoms with Crippen LogP contribution in [0.5, 0.6) is 0 Å². The molecule has 3 aromatic heterocycles. The molecule has 1 saturated carbocycles. The fourth-order valence-electron chi connectivity index (χ4n) is 3.50. The minimum absolute atomic E-state index is 0.0686. The molecular formula is C20H20N4O3S. The van der Waals surface area contributed by atoms with Crippen LogP contribution in [-0.4, -0.2) is 28.0 Å². The number of pyridine rings is 1. The smallest absolute Gasteiger partial charge is 0.297 e. The Bertz CT molecular complexity index is 906. The van der Waals surface area contributed by atoms with Crippen LogP contribution in [0.2, 0.25) is 0 Å². The van der Waals surface area contributed by atoms with Crippen LogP contribution in [0.4, 0.5) is 5.69 Å². The van der Waals surface area contributed by atoms with E-state index in [4.69, 9.17) is 4.52 Å². The summed E-state index contributed by atoms with van der Waals surface area (Å²) in [5.41, 5.74) is 0.517. The number of carbonyl (C=O) groups is 2. The second kappa shape index (κ2) is 8.35. The third kappa shape index (κ3) is 3.82. The predicted molar refractivity (Wildman–Crippen MR) is 105 cm³/mol. The molecule has 0 radical (unpaired) electrons. The largest absolute Gasteiger partial charge is 0.351 e. The van der Waals surface area contributed by atoms with Gasteiger partial charge in [0.1, 0.15) is 0 Å². The number of nitrogens with one attached hydrogen (secondary N) is 1. The van der Waals surface area contributed by atoms with Crippen LogP contribution in [0.3, 0.4) is 0 Å². The molecule has 0 aromatic carbocycles. The highest BCUT2D eigenvalue weighted by atomic mass is 32.1. The van der Waals surface area contributed by atoms with Gasteiger partial charge in [0.05, 0.1) is 18.1 Å². The minimum atomic E-state index is -0.817. The summed E-state index contributed by atoms with van der Waals surface area (Å²) in [7, 11) is 0. The van der Waals surface area contributed by atoms with E-state index in [9.17, 15) is 9.59 Å². The van der Waals surface area contributed by atoms with E-state index in [-0.39, 0.29) is 17.7 Å². The second-order valence-corrected chi connectivity index (χ2v) is 7.65. The van der Waals surface area contributed by atoms with Crippen molar-refractivity contribution >= 4 is 28.8 Å². The summed E-state index contributed by atoms with van der Waals surface area (Å²) in [6.07, 6.45) is 8.75. The SMILES string of the molecule is O=C(NC1CCCC1)[C@H](c1cccs1)N(C(=O)c1ccno1)c1cccnc1. The van der Waals surface area contributed by atoms with Crippen LogP contribution in [0.15, 0.2) is 58.8 Å². The number of aromatic nitrogens is 2. The van der Waals surface area contributed by atoms with Gasteiger partial charge in [0, 0.05) is 23.2 Å². The Balaban J connectivity index is 1.74. The standard InChI is InChI=1S/C20H20N4O3S/c25-19(23-14-5-1-2-6-14)18(17-8-4-12-28-17)24(15-7-3-10-21-13-15)20(26)16-9-11-22-27-16/h3-4,7-14,18H,1-2,5-6H2,(H,23,25)/t18-/m0/s1. The first-order chi connectivity index (χ1) is 13.7. The van der Waals surface area contributed by atoms with E-state index in [1.54, 1.807) is 24.5 Å². The van der Waals surface area contributed by atoms with Crippen molar-refractivity contribution in [3.63, 3.8) is 0 Å². The maximum Gasteiger partial charge on any atom is 0.297 e. The second-order valence-electron chi connectivity index (χ2n) is 6.67. The van der Waals surface area contributed by atoms with Gasteiger partial charge in [0.25, 0.3) is 5.91 Å². The normalized spacial score (nSPS) is 15.3. The molecule has 1 aliphatic carbocycles. The van der Waals surface area contributed by atoms with Crippen LogP contribution in [0, 0.1) is 0 Å². The average Bonchev–Trinajstić information content (AvgIpc) is 3.49. The maximum absolute atomic E-state index is 13.3. The highest BCUT2D eigenvalue weighted by Gasteiger charge is 2.36. The zero-order valence-electron chi connectivity index (χ0n) is 15.2. The molecule has 0 bridgehead atoms. The molecule has 0 spiro atoms. The Morgan fingerprint density at radius 3 is 2.68 bits per heavy atom. The topological polar surface area (TPSA) is 88.3 Å². The third-order valence-electron chi connectivity index (χ3n) is 4.81. The van der Waals surface area contributed by atoms with Crippen LogP contribution in [-0.2, 0) is 4.79 Å². The highest BCUT2D eigenvalue weighted by molar-refractivity contribution is 7.10.